The van der Waals surface area contributed by atoms with Gasteiger partial charge in [-0.05, 0) is 36.2 Å². The van der Waals surface area contributed by atoms with Crippen LogP contribution in [0.5, 0.6) is 11.5 Å². The van der Waals surface area contributed by atoms with Gasteiger partial charge in [0.05, 0.1) is 24.2 Å². The molecule has 162 valence electrons. The third kappa shape index (κ3) is 3.59. The molecule has 1 aliphatic rings. The Morgan fingerprint density at radius 1 is 1.09 bits per heavy atom. The molecular formula is C26H22ClNO4. The van der Waals surface area contributed by atoms with E-state index in [0.717, 1.165) is 33.5 Å². The lowest BCUT2D eigenvalue weighted by atomic mass is 9.97. The van der Waals surface area contributed by atoms with E-state index in [9.17, 15) is 4.79 Å². The van der Waals surface area contributed by atoms with Gasteiger partial charge in [0.2, 0.25) is 0 Å². The van der Waals surface area contributed by atoms with Crippen LogP contribution in [0.4, 0.5) is 5.69 Å². The highest BCUT2D eigenvalue weighted by molar-refractivity contribution is 6.33. The minimum absolute atomic E-state index is 0.332. The Labute approximate surface area is 190 Å². The van der Waals surface area contributed by atoms with Crippen LogP contribution in [0, 0.1) is 6.92 Å². The van der Waals surface area contributed by atoms with Crippen LogP contribution < -0.4 is 20.0 Å². The number of halogens is 1. The SMILES string of the molecule is COc1cccc(N2COc3c(Cl)cc4c(C)c(Cc5ccccc5)c(=O)oc4c3C2)c1. The number of ether oxygens (including phenoxy) is 2. The van der Waals surface area contributed by atoms with Crippen molar-refractivity contribution in [2.75, 3.05) is 18.7 Å². The van der Waals surface area contributed by atoms with Crippen molar-refractivity contribution in [3.8, 4) is 11.5 Å². The second-order valence-corrected chi connectivity index (χ2v) is 8.28. The molecule has 3 aromatic carbocycles. The summed E-state index contributed by atoms with van der Waals surface area (Å²) < 4.78 is 17.2. The van der Waals surface area contributed by atoms with Crippen LogP contribution in [0.3, 0.4) is 0 Å². The molecule has 1 aromatic heterocycles. The zero-order valence-electron chi connectivity index (χ0n) is 17.9. The third-order valence-electron chi connectivity index (χ3n) is 5.93. The van der Waals surface area contributed by atoms with Crippen molar-refractivity contribution >= 4 is 28.3 Å². The van der Waals surface area contributed by atoms with Gasteiger partial charge in [-0.25, -0.2) is 4.79 Å². The number of methoxy groups -OCH3 is 1. The highest BCUT2D eigenvalue weighted by Gasteiger charge is 2.26. The van der Waals surface area contributed by atoms with Crippen LogP contribution in [-0.2, 0) is 13.0 Å². The molecule has 0 atom stereocenters. The smallest absolute Gasteiger partial charge is 0.340 e. The number of hydrogen-bond donors (Lipinski definition) is 0. The number of fused-ring (bicyclic) bond motifs is 3. The van der Waals surface area contributed by atoms with Crippen molar-refractivity contribution < 1.29 is 13.9 Å². The summed E-state index contributed by atoms with van der Waals surface area (Å²) in [7, 11) is 1.64. The molecule has 0 bridgehead atoms. The lowest BCUT2D eigenvalue weighted by Crippen LogP contribution is -2.32. The lowest BCUT2D eigenvalue weighted by Gasteiger charge is -2.31. The first kappa shape index (κ1) is 20.5. The molecule has 1 aliphatic heterocycles. The highest BCUT2D eigenvalue weighted by atomic mass is 35.5. The molecule has 0 spiro atoms. The fourth-order valence-electron chi connectivity index (χ4n) is 4.19. The molecule has 0 saturated heterocycles. The van der Waals surface area contributed by atoms with Crippen LogP contribution in [-0.4, -0.2) is 13.8 Å². The van der Waals surface area contributed by atoms with Gasteiger partial charge in [-0.15, -0.1) is 0 Å². The van der Waals surface area contributed by atoms with Gasteiger partial charge < -0.3 is 18.8 Å². The van der Waals surface area contributed by atoms with E-state index in [1.165, 1.54) is 0 Å². The summed E-state index contributed by atoms with van der Waals surface area (Å²) in [5.41, 5.74) is 4.48. The minimum atomic E-state index is -0.332. The number of nitrogens with zero attached hydrogens (tertiary/aromatic N) is 1. The van der Waals surface area contributed by atoms with Crippen LogP contribution in [0.15, 0.2) is 69.9 Å². The van der Waals surface area contributed by atoms with E-state index in [4.69, 9.17) is 25.5 Å². The quantitative estimate of drug-likeness (QED) is 0.375. The molecule has 0 fully saturated rings. The molecule has 2 heterocycles. The van der Waals surface area contributed by atoms with Gasteiger partial charge in [0.25, 0.3) is 0 Å². The molecule has 0 aliphatic carbocycles. The number of benzene rings is 3. The first-order chi connectivity index (χ1) is 15.5. The number of aryl methyl sites for hydroxylation is 1. The van der Waals surface area contributed by atoms with Crippen LogP contribution in [0.25, 0.3) is 11.0 Å². The average molecular weight is 448 g/mol. The Balaban J connectivity index is 1.61. The van der Waals surface area contributed by atoms with E-state index in [0.29, 0.717) is 41.6 Å². The van der Waals surface area contributed by atoms with Crippen molar-refractivity contribution in [1.29, 1.82) is 0 Å². The van der Waals surface area contributed by atoms with E-state index >= 15 is 0 Å². The van der Waals surface area contributed by atoms with Gasteiger partial charge in [0.15, 0.2) is 6.73 Å². The monoisotopic (exact) mass is 447 g/mol. The molecule has 5 nitrogen and oxygen atoms in total. The summed E-state index contributed by atoms with van der Waals surface area (Å²) in [6.45, 7) is 2.78. The van der Waals surface area contributed by atoms with Gasteiger partial charge in [-0.3, -0.25) is 0 Å². The molecule has 0 amide bonds. The van der Waals surface area contributed by atoms with E-state index in [-0.39, 0.29) is 5.63 Å². The largest absolute Gasteiger partial charge is 0.497 e. The molecule has 6 heteroatoms. The number of rotatable bonds is 4. The summed E-state index contributed by atoms with van der Waals surface area (Å²) in [4.78, 5) is 15.0. The van der Waals surface area contributed by atoms with Crippen LogP contribution in [0.2, 0.25) is 5.02 Å². The Morgan fingerprint density at radius 3 is 2.69 bits per heavy atom. The number of anilines is 1. The molecule has 32 heavy (non-hydrogen) atoms. The van der Waals surface area contributed by atoms with E-state index in [1.54, 1.807) is 7.11 Å². The minimum Gasteiger partial charge on any atom is -0.497 e. The molecule has 0 N–H and O–H groups in total. The fourth-order valence-corrected chi connectivity index (χ4v) is 4.47. The van der Waals surface area contributed by atoms with Crippen molar-refractivity contribution in [3.63, 3.8) is 0 Å². The molecule has 0 saturated carbocycles. The van der Waals surface area contributed by atoms with Crippen molar-refractivity contribution in [2.24, 2.45) is 0 Å². The van der Waals surface area contributed by atoms with Crippen LogP contribution in [0.1, 0.15) is 22.3 Å². The molecular weight excluding hydrogens is 426 g/mol. The predicted octanol–water partition coefficient (Wildman–Crippen LogP) is 5.71. The zero-order valence-corrected chi connectivity index (χ0v) is 18.6. The molecule has 5 rings (SSSR count). The predicted molar refractivity (Wildman–Crippen MR) is 126 cm³/mol. The second kappa shape index (κ2) is 8.24. The molecule has 0 unspecified atom stereocenters. The maximum absolute atomic E-state index is 13.0. The van der Waals surface area contributed by atoms with Gasteiger partial charge >= 0.3 is 5.63 Å². The molecule has 0 radical (unpaired) electrons. The third-order valence-corrected chi connectivity index (χ3v) is 6.22. The fraction of sp³-hybridized carbons (Fsp3) is 0.192. The van der Waals surface area contributed by atoms with Gasteiger partial charge in [-0.1, -0.05) is 48.0 Å². The maximum Gasteiger partial charge on any atom is 0.340 e. The van der Waals surface area contributed by atoms with E-state index in [2.05, 4.69) is 0 Å². The Hall–Kier alpha value is -3.44. The topological polar surface area (TPSA) is 51.9 Å². The highest BCUT2D eigenvalue weighted by Crippen LogP contribution is 2.41. The zero-order chi connectivity index (χ0) is 22.2. The normalized spacial score (nSPS) is 13.0. The van der Waals surface area contributed by atoms with E-state index < -0.39 is 0 Å². The Morgan fingerprint density at radius 2 is 1.91 bits per heavy atom. The van der Waals surface area contributed by atoms with Gasteiger partial charge in [0.1, 0.15) is 17.1 Å². The summed E-state index contributed by atoms with van der Waals surface area (Å²) in [5, 5.41) is 1.34. The first-order valence-corrected chi connectivity index (χ1v) is 10.8. The average Bonchev–Trinajstić information content (AvgIpc) is 2.83. The summed E-state index contributed by atoms with van der Waals surface area (Å²) in [5.74, 6) is 1.33. The van der Waals surface area contributed by atoms with Crippen molar-refractivity contribution in [3.05, 3.63) is 98.4 Å². The summed E-state index contributed by atoms with van der Waals surface area (Å²) in [6.07, 6.45) is 0.506. The summed E-state index contributed by atoms with van der Waals surface area (Å²) in [6, 6.07) is 19.5. The number of hydrogen-bond acceptors (Lipinski definition) is 5. The van der Waals surface area contributed by atoms with E-state index in [1.807, 2.05) is 72.5 Å². The standard InChI is InChI=1S/C26H22ClNO4/c1-16-20-13-23(27)25-22(14-28(15-31-25)18-9-6-10-19(12-18)30-2)24(20)32-26(29)21(16)11-17-7-4-3-5-8-17/h3-10,12-13H,11,14-15H2,1-2H3. The summed E-state index contributed by atoms with van der Waals surface area (Å²) >= 11 is 6.60. The molecule has 4 aromatic rings. The van der Waals surface area contributed by atoms with Crippen molar-refractivity contribution in [1.82, 2.24) is 0 Å². The Bertz CT molecular complexity index is 1360. The second-order valence-electron chi connectivity index (χ2n) is 7.87. The maximum atomic E-state index is 13.0. The van der Waals surface area contributed by atoms with Gasteiger partial charge in [0, 0.05) is 29.1 Å². The first-order valence-electron chi connectivity index (χ1n) is 10.4. The Kier molecular flexibility index (Phi) is 5.27. The van der Waals surface area contributed by atoms with Crippen LogP contribution >= 0.6 is 11.6 Å². The van der Waals surface area contributed by atoms with Crippen molar-refractivity contribution in [2.45, 2.75) is 19.9 Å². The van der Waals surface area contributed by atoms with Gasteiger partial charge in [-0.2, -0.15) is 0 Å². The lowest BCUT2D eigenvalue weighted by molar-refractivity contribution is 0.289.